The predicted molar refractivity (Wildman–Crippen MR) is 71.8 cm³/mol. The fourth-order valence-electron chi connectivity index (χ4n) is 1.37. The fourth-order valence-corrected chi connectivity index (χ4v) is 1.78. The van der Waals surface area contributed by atoms with Gasteiger partial charge in [0.25, 0.3) is 0 Å². The van der Waals surface area contributed by atoms with Crippen molar-refractivity contribution in [2.45, 2.75) is 20.4 Å². The second-order valence-corrected chi connectivity index (χ2v) is 4.78. The maximum Gasteiger partial charge on any atom is 0.123 e. The average Bonchev–Trinajstić information content (AvgIpc) is 2.24. The number of allylic oxidation sites excluding steroid dienone is 1. The van der Waals surface area contributed by atoms with Crippen molar-refractivity contribution in [2.75, 3.05) is 13.7 Å². The summed E-state index contributed by atoms with van der Waals surface area (Å²) in [5.41, 5.74) is 2.49. The first-order valence-electron chi connectivity index (χ1n) is 5.30. The quantitative estimate of drug-likeness (QED) is 0.660. The summed E-state index contributed by atoms with van der Waals surface area (Å²) in [7, 11) is 1.70. The van der Waals surface area contributed by atoms with Crippen molar-refractivity contribution < 1.29 is 4.74 Å². The van der Waals surface area contributed by atoms with Gasteiger partial charge in [-0.15, -0.1) is 0 Å². The van der Waals surface area contributed by atoms with Crippen molar-refractivity contribution in [3.63, 3.8) is 0 Å². The van der Waals surface area contributed by atoms with Crippen molar-refractivity contribution in [3.8, 4) is 5.75 Å². The van der Waals surface area contributed by atoms with Gasteiger partial charge < -0.3 is 10.1 Å². The Morgan fingerprint density at radius 1 is 1.44 bits per heavy atom. The van der Waals surface area contributed by atoms with Gasteiger partial charge in [0.15, 0.2) is 0 Å². The summed E-state index contributed by atoms with van der Waals surface area (Å²) in [5, 5.41) is 3.36. The molecule has 2 nitrogen and oxygen atoms in total. The number of hydrogen-bond donors (Lipinski definition) is 1. The van der Waals surface area contributed by atoms with Crippen LogP contribution < -0.4 is 10.1 Å². The molecule has 3 heteroatoms. The molecule has 0 saturated heterocycles. The minimum atomic E-state index is 0.812. The van der Waals surface area contributed by atoms with Crippen molar-refractivity contribution >= 4 is 15.9 Å². The second kappa shape index (κ2) is 6.71. The summed E-state index contributed by atoms with van der Waals surface area (Å²) < 4.78 is 6.38. The van der Waals surface area contributed by atoms with Crippen LogP contribution in [0.5, 0.6) is 5.75 Å². The van der Waals surface area contributed by atoms with E-state index in [4.69, 9.17) is 4.74 Å². The highest BCUT2D eigenvalue weighted by Crippen LogP contribution is 2.22. The number of rotatable bonds is 5. The van der Waals surface area contributed by atoms with Gasteiger partial charge in [0, 0.05) is 23.1 Å². The third-order valence-electron chi connectivity index (χ3n) is 2.21. The molecule has 0 aliphatic carbocycles. The lowest BCUT2D eigenvalue weighted by molar-refractivity contribution is 0.408. The first kappa shape index (κ1) is 13.3. The largest absolute Gasteiger partial charge is 0.496 e. The Morgan fingerprint density at radius 2 is 2.19 bits per heavy atom. The molecule has 1 aromatic carbocycles. The first-order valence-corrected chi connectivity index (χ1v) is 6.09. The van der Waals surface area contributed by atoms with Crippen molar-refractivity contribution in [1.82, 2.24) is 5.32 Å². The third-order valence-corrected chi connectivity index (χ3v) is 2.71. The zero-order valence-corrected chi connectivity index (χ0v) is 11.6. The number of methoxy groups -OCH3 is 1. The molecule has 1 aromatic rings. The van der Waals surface area contributed by atoms with Crippen LogP contribution in [-0.4, -0.2) is 13.7 Å². The van der Waals surface area contributed by atoms with Crippen LogP contribution in [0.25, 0.3) is 0 Å². The van der Waals surface area contributed by atoms with Gasteiger partial charge in [0.2, 0.25) is 0 Å². The van der Waals surface area contributed by atoms with Crippen molar-refractivity contribution in [1.29, 1.82) is 0 Å². The van der Waals surface area contributed by atoms with Crippen molar-refractivity contribution in [2.24, 2.45) is 0 Å². The van der Waals surface area contributed by atoms with Crippen LogP contribution in [0.15, 0.2) is 34.3 Å². The van der Waals surface area contributed by atoms with Gasteiger partial charge in [-0.2, -0.15) is 0 Å². The smallest absolute Gasteiger partial charge is 0.123 e. The Morgan fingerprint density at radius 3 is 2.81 bits per heavy atom. The summed E-state index contributed by atoms with van der Waals surface area (Å²) in [4.78, 5) is 0. The van der Waals surface area contributed by atoms with Crippen LogP contribution in [0.3, 0.4) is 0 Å². The standard InChI is InChI=1S/C13H18BrNO/c1-10(2)6-7-15-9-11-8-12(14)4-5-13(11)16-3/h4-6,8,15H,7,9H2,1-3H3. The molecule has 0 saturated carbocycles. The average molecular weight is 284 g/mol. The molecular formula is C13H18BrNO. The monoisotopic (exact) mass is 283 g/mol. The summed E-state index contributed by atoms with van der Waals surface area (Å²) in [6, 6.07) is 6.04. The van der Waals surface area contributed by atoms with Gasteiger partial charge in [0.05, 0.1) is 7.11 Å². The summed E-state index contributed by atoms with van der Waals surface area (Å²) in [6.07, 6.45) is 2.17. The highest BCUT2D eigenvalue weighted by molar-refractivity contribution is 9.10. The predicted octanol–water partition coefficient (Wildman–Crippen LogP) is 3.51. The van der Waals surface area contributed by atoms with E-state index in [9.17, 15) is 0 Å². The van der Waals surface area contributed by atoms with E-state index in [-0.39, 0.29) is 0 Å². The molecule has 0 amide bonds. The number of hydrogen-bond acceptors (Lipinski definition) is 2. The molecule has 16 heavy (non-hydrogen) atoms. The van der Waals surface area contributed by atoms with Gasteiger partial charge in [-0.1, -0.05) is 27.6 Å². The number of benzene rings is 1. The Kier molecular flexibility index (Phi) is 5.56. The number of halogens is 1. The van der Waals surface area contributed by atoms with E-state index in [1.807, 2.05) is 12.1 Å². The molecule has 0 bridgehead atoms. The fraction of sp³-hybridized carbons (Fsp3) is 0.385. The molecule has 0 atom stereocenters. The summed E-state index contributed by atoms with van der Waals surface area (Å²) in [5.74, 6) is 0.924. The van der Waals surface area contributed by atoms with E-state index in [1.165, 1.54) is 11.1 Å². The normalized spacial score (nSPS) is 10.0. The molecule has 0 heterocycles. The lowest BCUT2D eigenvalue weighted by Crippen LogP contribution is -2.13. The Hall–Kier alpha value is -0.800. The lowest BCUT2D eigenvalue weighted by Gasteiger charge is -2.09. The van der Waals surface area contributed by atoms with Crippen molar-refractivity contribution in [3.05, 3.63) is 39.9 Å². The molecule has 1 rings (SSSR count). The van der Waals surface area contributed by atoms with E-state index in [1.54, 1.807) is 7.11 Å². The topological polar surface area (TPSA) is 21.3 Å². The lowest BCUT2D eigenvalue weighted by atomic mass is 10.2. The molecule has 0 aromatic heterocycles. The van der Waals surface area contributed by atoms with E-state index >= 15 is 0 Å². The van der Waals surface area contributed by atoms with Gasteiger partial charge >= 0.3 is 0 Å². The molecule has 0 spiro atoms. The van der Waals surface area contributed by atoms with Crippen LogP contribution in [0.2, 0.25) is 0 Å². The molecular weight excluding hydrogens is 266 g/mol. The van der Waals surface area contributed by atoms with Crippen LogP contribution >= 0.6 is 15.9 Å². The first-order chi connectivity index (χ1) is 7.63. The Bertz CT molecular complexity index is 370. The maximum atomic E-state index is 5.30. The van der Waals surface area contributed by atoms with E-state index in [2.05, 4.69) is 47.2 Å². The Balaban J connectivity index is 2.58. The van der Waals surface area contributed by atoms with E-state index in [0.29, 0.717) is 0 Å². The molecule has 0 aliphatic heterocycles. The molecule has 88 valence electrons. The molecule has 1 N–H and O–H groups in total. The molecule has 0 aliphatic rings. The highest BCUT2D eigenvalue weighted by atomic mass is 79.9. The van der Waals surface area contributed by atoms with Gasteiger partial charge in [-0.05, 0) is 32.0 Å². The van der Waals surface area contributed by atoms with Crippen LogP contribution in [-0.2, 0) is 6.54 Å². The minimum Gasteiger partial charge on any atom is -0.496 e. The van der Waals surface area contributed by atoms with Gasteiger partial charge in [-0.25, -0.2) is 0 Å². The zero-order valence-electron chi connectivity index (χ0n) is 10.0. The third kappa shape index (κ3) is 4.37. The summed E-state index contributed by atoms with van der Waals surface area (Å²) >= 11 is 3.46. The second-order valence-electron chi connectivity index (χ2n) is 3.87. The maximum absolute atomic E-state index is 5.30. The number of nitrogens with one attached hydrogen (secondary N) is 1. The van der Waals surface area contributed by atoms with Crippen LogP contribution in [0.1, 0.15) is 19.4 Å². The Labute approximate surface area is 106 Å². The van der Waals surface area contributed by atoms with Crippen LogP contribution in [0, 0.1) is 0 Å². The summed E-state index contributed by atoms with van der Waals surface area (Å²) in [6.45, 7) is 5.90. The molecule has 0 unspecified atom stereocenters. The highest BCUT2D eigenvalue weighted by Gasteiger charge is 2.02. The molecule has 0 fully saturated rings. The van der Waals surface area contributed by atoms with E-state index < -0.39 is 0 Å². The van der Waals surface area contributed by atoms with Gasteiger partial charge in [0.1, 0.15) is 5.75 Å². The van der Waals surface area contributed by atoms with Gasteiger partial charge in [-0.3, -0.25) is 0 Å². The minimum absolute atomic E-state index is 0.812. The van der Waals surface area contributed by atoms with Crippen LogP contribution in [0.4, 0.5) is 0 Å². The van der Waals surface area contributed by atoms with E-state index in [0.717, 1.165) is 23.3 Å². The molecule has 0 radical (unpaired) electrons. The number of ether oxygens (including phenoxy) is 1. The SMILES string of the molecule is COc1ccc(Br)cc1CNCC=C(C)C. The zero-order chi connectivity index (χ0) is 12.0.